The molecule has 5 N–H and O–H groups in total. The van der Waals surface area contributed by atoms with Gasteiger partial charge in [-0.05, 0) is 24.4 Å². The minimum atomic E-state index is -5.09. The quantitative estimate of drug-likeness (QED) is 0.361. The third kappa shape index (κ3) is 5.99. The van der Waals surface area contributed by atoms with E-state index in [9.17, 15) is 18.4 Å². The van der Waals surface area contributed by atoms with Gasteiger partial charge in [-0.1, -0.05) is 18.2 Å². The molecule has 0 spiro atoms. The van der Waals surface area contributed by atoms with Crippen molar-refractivity contribution in [2.75, 3.05) is 5.32 Å². The summed E-state index contributed by atoms with van der Waals surface area (Å²) >= 11 is -5.09. The zero-order valence-corrected chi connectivity index (χ0v) is 17.6. The number of aromatic hydroxyl groups is 1. The number of rotatable bonds is 4. The number of aromatic nitrogens is 1. The molecule has 0 atom stereocenters. The van der Waals surface area contributed by atoms with Gasteiger partial charge in [-0.25, -0.2) is 0 Å². The van der Waals surface area contributed by atoms with Crippen LogP contribution in [0.2, 0.25) is 0 Å². The Hall–Kier alpha value is -3.00. The molecule has 1 amide bonds. The molecule has 10 heteroatoms. The Kier molecular flexibility index (Phi) is 6.92. The SMILES string of the molecule is CC(=O)Nc1ccc([As](=O)(O)O)c(O)c1.Cc1cc2ccccc2n1CC(=O)O. The van der Waals surface area contributed by atoms with Gasteiger partial charge >= 0.3 is 94.1 Å². The number of hydrogen-bond acceptors (Lipinski definition) is 4. The molecule has 0 aliphatic heterocycles. The minimum absolute atomic E-state index is 0.0271. The minimum Gasteiger partial charge on any atom is -0.480 e. The van der Waals surface area contributed by atoms with Gasteiger partial charge in [0.2, 0.25) is 0 Å². The predicted octanol–water partition coefficient (Wildman–Crippen LogP) is 0.946. The molecule has 0 aliphatic carbocycles. The molecule has 29 heavy (non-hydrogen) atoms. The number of anilines is 1. The second-order valence-corrected chi connectivity index (χ2v) is 9.55. The van der Waals surface area contributed by atoms with Gasteiger partial charge in [-0.3, -0.25) is 4.79 Å². The smallest absolute Gasteiger partial charge is 0.323 e. The number of benzene rings is 2. The molecule has 3 aromatic rings. The number of nitrogens with zero attached hydrogens (tertiary/aromatic N) is 1. The molecule has 0 unspecified atom stereocenters. The fraction of sp³-hybridized carbons (Fsp3) is 0.158. The third-order valence-electron chi connectivity index (χ3n) is 3.92. The maximum atomic E-state index is 10.9. The number of amides is 1. The van der Waals surface area contributed by atoms with E-state index in [0.29, 0.717) is 0 Å². The van der Waals surface area contributed by atoms with E-state index >= 15 is 0 Å². The van der Waals surface area contributed by atoms with Crippen molar-refractivity contribution in [2.24, 2.45) is 0 Å². The average Bonchev–Trinajstić information content (AvgIpc) is 2.89. The number of aliphatic carboxylic acids is 1. The number of carbonyl (C=O) groups excluding carboxylic acids is 1. The fourth-order valence-electron chi connectivity index (χ4n) is 2.74. The number of carbonyl (C=O) groups is 2. The second-order valence-electron chi connectivity index (χ2n) is 6.25. The van der Waals surface area contributed by atoms with Crippen LogP contribution in [-0.4, -0.2) is 49.0 Å². The topological polar surface area (TPSA) is 149 Å². The number of carboxylic acids is 1. The van der Waals surface area contributed by atoms with Crippen molar-refractivity contribution >= 4 is 47.0 Å². The van der Waals surface area contributed by atoms with Crippen LogP contribution >= 0.6 is 0 Å². The molecule has 1 heterocycles. The second kappa shape index (κ2) is 9.00. The van der Waals surface area contributed by atoms with Crippen molar-refractivity contribution in [3.63, 3.8) is 0 Å². The maximum Gasteiger partial charge on any atom is 0.323 e. The maximum absolute atomic E-state index is 10.9. The van der Waals surface area contributed by atoms with Crippen LogP contribution in [0.1, 0.15) is 12.6 Å². The molecule has 3 rings (SSSR count). The van der Waals surface area contributed by atoms with Crippen molar-refractivity contribution in [2.45, 2.75) is 20.4 Å². The van der Waals surface area contributed by atoms with Crippen LogP contribution in [0.15, 0.2) is 48.5 Å². The van der Waals surface area contributed by atoms with Gasteiger partial charge in [0.25, 0.3) is 0 Å². The fourth-order valence-corrected chi connectivity index (χ4v) is 4.07. The van der Waals surface area contributed by atoms with Crippen molar-refractivity contribution in [1.29, 1.82) is 0 Å². The number of carboxylic acid groups (broad SMARTS) is 1. The van der Waals surface area contributed by atoms with Crippen LogP contribution in [0, 0.1) is 6.92 Å². The molecule has 0 aliphatic rings. The predicted molar refractivity (Wildman–Crippen MR) is 107 cm³/mol. The number of nitrogens with one attached hydrogen (secondary N) is 1. The van der Waals surface area contributed by atoms with Crippen LogP contribution in [0.5, 0.6) is 5.75 Å². The number of fused-ring (bicyclic) bond motifs is 1. The molecule has 2 aromatic carbocycles. The van der Waals surface area contributed by atoms with E-state index in [1.54, 1.807) is 4.57 Å². The summed E-state index contributed by atoms with van der Waals surface area (Å²) in [5.41, 5.74) is 2.24. The normalized spacial score (nSPS) is 10.9. The molecule has 0 bridgehead atoms. The summed E-state index contributed by atoms with van der Waals surface area (Å²) in [7, 11) is 0. The van der Waals surface area contributed by atoms with Gasteiger partial charge in [-0.2, -0.15) is 0 Å². The number of aryl methyl sites for hydroxylation is 1. The molecular weight excluding hydrogens is 443 g/mol. The van der Waals surface area contributed by atoms with Crippen molar-refractivity contribution in [3.8, 4) is 5.75 Å². The summed E-state index contributed by atoms with van der Waals surface area (Å²) in [4.78, 5) is 21.3. The summed E-state index contributed by atoms with van der Waals surface area (Å²) < 4.78 is 30.0. The van der Waals surface area contributed by atoms with Crippen molar-refractivity contribution < 1.29 is 31.7 Å². The molecule has 9 nitrogen and oxygen atoms in total. The van der Waals surface area contributed by atoms with Crippen LogP contribution in [-0.2, 0) is 19.9 Å². The van der Waals surface area contributed by atoms with Gasteiger partial charge in [0.15, 0.2) is 0 Å². The van der Waals surface area contributed by atoms with E-state index in [-0.39, 0.29) is 18.1 Å². The van der Waals surface area contributed by atoms with Crippen LogP contribution in [0.4, 0.5) is 5.69 Å². The molecule has 1 aromatic heterocycles. The van der Waals surface area contributed by atoms with Crippen molar-refractivity contribution in [3.05, 3.63) is 54.2 Å². The summed E-state index contributed by atoms with van der Waals surface area (Å²) in [5.74, 6) is -1.66. The largest absolute Gasteiger partial charge is 0.480 e. The van der Waals surface area contributed by atoms with E-state index in [4.69, 9.17) is 13.3 Å². The Morgan fingerprint density at radius 2 is 1.76 bits per heavy atom. The van der Waals surface area contributed by atoms with Gasteiger partial charge in [0.1, 0.15) is 6.54 Å². The molecule has 0 saturated heterocycles. The Morgan fingerprint density at radius 3 is 2.31 bits per heavy atom. The monoisotopic (exact) mass is 464 g/mol. The number of phenolic OH excluding ortho intramolecular Hbond substituents is 1. The standard InChI is InChI=1S/C11H11NO2.C8H10AsNO5/c1-8-6-9-4-2-3-5-10(9)12(8)7-11(13)14;1-5(11)10-6-2-3-7(8(12)4-6)9(13,14)15/h2-6H,7H2,1H3,(H,13,14);2-4,12H,1H3,(H,10,11)(H2,13,14,15). The van der Waals surface area contributed by atoms with E-state index < -0.39 is 30.2 Å². The first-order valence-electron chi connectivity index (χ1n) is 8.42. The molecule has 0 radical (unpaired) electrons. The zero-order chi connectivity index (χ0) is 21.8. The van der Waals surface area contributed by atoms with Gasteiger partial charge < -0.3 is 9.67 Å². The zero-order valence-electron chi connectivity index (χ0n) is 15.7. The Bertz CT molecular complexity index is 1100. The van der Waals surface area contributed by atoms with Crippen LogP contribution in [0.3, 0.4) is 0 Å². The summed E-state index contributed by atoms with van der Waals surface area (Å²) in [6.45, 7) is 3.24. The Morgan fingerprint density at radius 1 is 1.10 bits per heavy atom. The summed E-state index contributed by atoms with van der Waals surface area (Å²) in [6.07, 6.45) is 0. The summed E-state index contributed by atoms with van der Waals surface area (Å²) in [6, 6.07) is 13.3. The third-order valence-corrected chi connectivity index (χ3v) is 6.03. The molecule has 0 saturated carbocycles. The molecular formula is C19H21AsN2O7. The molecule has 154 valence electrons. The molecule has 0 fully saturated rings. The van der Waals surface area contributed by atoms with Gasteiger partial charge in [0, 0.05) is 11.2 Å². The van der Waals surface area contributed by atoms with E-state index in [0.717, 1.165) is 28.7 Å². The summed E-state index contributed by atoms with van der Waals surface area (Å²) in [5, 5.41) is 21.5. The van der Waals surface area contributed by atoms with Crippen LogP contribution in [0.25, 0.3) is 10.9 Å². The van der Waals surface area contributed by atoms with E-state index in [2.05, 4.69) is 5.32 Å². The Balaban J connectivity index is 0.000000207. The number of hydrogen-bond donors (Lipinski definition) is 5. The average molecular weight is 464 g/mol. The first kappa shape index (κ1) is 22.3. The van der Waals surface area contributed by atoms with Crippen LogP contribution < -0.4 is 9.67 Å². The van der Waals surface area contributed by atoms with E-state index in [1.165, 1.54) is 13.0 Å². The van der Waals surface area contributed by atoms with E-state index in [1.807, 2.05) is 37.3 Å². The number of para-hydroxylation sites is 1. The Labute approximate surface area is 169 Å². The van der Waals surface area contributed by atoms with Crippen molar-refractivity contribution in [1.82, 2.24) is 4.57 Å². The first-order valence-corrected chi connectivity index (χ1v) is 11.8. The first-order chi connectivity index (χ1) is 13.5. The van der Waals surface area contributed by atoms with Gasteiger partial charge in [0.05, 0.1) is 0 Å². The number of phenols is 1. The van der Waals surface area contributed by atoms with Gasteiger partial charge in [-0.15, -0.1) is 0 Å².